The van der Waals surface area contributed by atoms with Gasteiger partial charge in [0.15, 0.2) is 11.6 Å². The molecule has 2 aromatic rings. The van der Waals surface area contributed by atoms with E-state index < -0.39 is 5.51 Å². The van der Waals surface area contributed by atoms with E-state index in [4.69, 9.17) is 10.3 Å². The van der Waals surface area contributed by atoms with Gasteiger partial charge in [-0.25, -0.2) is 0 Å². The molecule has 1 aromatic carbocycles. The summed E-state index contributed by atoms with van der Waals surface area (Å²) in [6.45, 7) is 0. The van der Waals surface area contributed by atoms with E-state index in [2.05, 4.69) is 5.16 Å². The summed E-state index contributed by atoms with van der Waals surface area (Å²) in [5.41, 5.74) is 1.56. The van der Waals surface area contributed by atoms with Gasteiger partial charge in [-0.05, 0) is 23.9 Å². The summed E-state index contributed by atoms with van der Waals surface area (Å²) < 4.78 is 41.4. The molecule has 0 radical (unpaired) electrons. The van der Waals surface area contributed by atoms with Crippen LogP contribution in [-0.4, -0.2) is 10.7 Å². The number of rotatable bonds is 2. The van der Waals surface area contributed by atoms with Crippen molar-refractivity contribution in [3.63, 3.8) is 0 Å². The van der Waals surface area contributed by atoms with Gasteiger partial charge in [-0.3, -0.25) is 0 Å². The Morgan fingerprint density at radius 2 is 2.00 bits per heavy atom. The van der Waals surface area contributed by atoms with E-state index >= 15 is 0 Å². The Hall–Kier alpha value is -1.63. The van der Waals surface area contributed by atoms with Crippen LogP contribution in [0, 0.1) is 0 Å². The first-order valence-electron chi connectivity index (χ1n) is 4.52. The highest BCUT2D eigenvalue weighted by Crippen LogP contribution is 2.38. The van der Waals surface area contributed by atoms with Gasteiger partial charge in [0.2, 0.25) is 0 Å². The van der Waals surface area contributed by atoms with Crippen molar-refractivity contribution in [1.82, 2.24) is 5.16 Å². The van der Waals surface area contributed by atoms with Crippen LogP contribution in [0.25, 0.3) is 11.3 Å². The maximum absolute atomic E-state index is 12.2. The fourth-order valence-electron chi connectivity index (χ4n) is 1.27. The first-order chi connectivity index (χ1) is 7.94. The van der Waals surface area contributed by atoms with E-state index in [0.717, 1.165) is 0 Å². The van der Waals surface area contributed by atoms with Gasteiger partial charge in [0.1, 0.15) is 0 Å². The van der Waals surface area contributed by atoms with Gasteiger partial charge in [0.05, 0.1) is 0 Å². The van der Waals surface area contributed by atoms with Crippen LogP contribution in [-0.2, 0) is 0 Å². The van der Waals surface area contributed by atoms with Crippen molar-refractivity contribution < 1.29 is 17.7 Å². The third kappa shape index (κ3) is 3.16. The fraction of sp³-hybridized carbons (Fsp3) is 0.100. The molecule has 1 heterocycles. The summed E-state index contributed by atoms with van der Waals surface area (Å²) in [7, 11) is 0. The predicted molar refractivity (Wildman–Crippen MR) is 58.3 cm³/mol. The molecule has 0 bridgehead atoms. The predicted octanol–water partition coefficient (Wildman–Crippen LogP) is 3.54. The van der Waals surface area contributed by atoms with Crippen molar-refractivity contribution in [2.75, 3.05) is 5.73 Å². The molecule has 0 unspecified atom stereocenters. The second-order valence-corrected chi connectivity index (χ2v) is 4.33. The highest BCUT2D eigenvalue weighted by atomic mass is 32.2. The van der Waals surface area contributed by atoms with Crippen LogP contribution in [0.5, 0.6) is 0 Å². The lowest BCUT2D eigenvalue weighted by Crippen LogP contribution is -1.98. The van der Waals surface area contributed by atoms with Gasteiger partial charge >= 0.3 is 5.51 Å². The second-order valence-electron chi connectivity index (χ2n) is 3.19. The van der Waals surface area contributed by atoms with Crippen LogP contribution >= 0.6 is 11.8 Å². The molecule has 0 amide bonds. The summed E-state index contributed by atoms with van der Waals surface area (Å²) in [4.78, 5) is 0.0879. The van der Waals surface area contributed by atoms with E-state index in [1.54, 1.807) is 6.07 Å². The zero-order chi connectivity index (χ0) is 12.5. The molecule has 0 saturated carbocycles. The van der Waals surface area contributed by atoms with Crippen molar-refractivity contribution >= 4 is 17.6 Å². The quantitative estimate of drug-likeness (QED) is 0.839. The maximum atomic E-state index is 12.2. The highest BCUT2D eigenvalue weighted by molar-refractivity contribution is 8.00. The zero-order valence-corrected chi connectivity index (χ0v) is 9.18. The Morgan fingerprint density at radius 3 is 2.59 bits per heavy atom. The summed E-state index contributed by atoms with van der Waals surface area (Å²) in [5.74, 6) is 0.529. The second kappa shape index (κ2) is 4.33. The number of anilines is 1. The molecular weight excluding hydrogens is 253 g/mol. The molecular formula is C10H7F3N2OS. The standard InChI is InChI=1S/C10H7F3N2OS/c11-10(12,13)17-7-3-1-2-6(4-7)8-5-9(14)15-16-8/h1-5H,(H2,14,15). The van der Waals surface area contributed by atoms with Gasteiger partial charge in [-0.1, -0.05) is 17.3 Å². The Bertz CT molecular complexity index is 524. The lowest BCUT2D eigenvalue weighted by molar-refractivity contribution is -0.0328. The molecule has 0 aliphatic heterocycles. The fourth-order valence-corrected chi connectivity index (χ4v) is 1.87. The Morgan fingerprint density at radius 1 is 1.24 bits per heavy atom. The number of hydrogen-bond donors (Lipinski definition) is 1. The van der Waals surface area contributed by atoms with E-state index in [1.807, 2.05) is 0 Å². The third-order valence-corrected chi connectivity index (χ3v) is 2.60. The van der Waals surface area contributed by atoms with Crippen LogP contribution in [0.4, 0.5) is 19.0 Å². The van der Waals surface area contributed by atoms with Gasteiger partial charge in [-0.2, -0.15) is 13.2 Å². The monoisotopic (exact) mass is 260 g/mol. The average Bonchev–Trinajstić information content (AvgIpc) is 2.63. The smallest absolute Gasteiger partial charge is 0.381 e. The summed E-state index contributed by atoms with van der Waals surface area (Å²) >= 11 is -0.177. The number of nitrogens with two attached hydrogens (primary N) is 1. The van der Waals surface area contributed by atoms with Crippen LogP contribution in [0.1, 0.15) is 0 Å². The van der Waals surface area contributed by atoms with Gasteiger partial charge < -0.3 is 10.3 Å². The van der Waals surface area contributed by atoms with Gasteiger partial charge in [0, 0.05) is 16.5 Å². The Kier molecular flexibility index (Phi) is 3.01. The van der Waals surface area contributed by atoms with Gasteiger partial charge in [-0.15, -0.1) is 0 Å². The summed E-state index contributed by atoms with van der Waals surface area (Å²) in [6, 6.07) is 7.35. The number of halogens is 3. The molecule has 0 atom stereocenters. The maximum Gasteiger partial charge on any atom is 0.446 e. The molecule has 7 heteroatoms. The highest BCUT2D eigenvalue weighted by Gasteiger charge is 2.29. The molecule has 0 saturated heterocycles. The lowest BCUT2D eigenvalue weighted by atomic mass is 10.2. The topological polar surface area (TPSA) is 52.0 Å². The van der Waals surface area contributed by atoms with E-state index in [9.17, 15) is 13.2 Å². The molecule has 1 aromatic heterocycles. The minimum atomic E-state index is -4.31. The molecule has 0 aliphatic carbocycles. The average molecular weight is 260 g/mol. The number of nitrogen functional groups attached to an aromatic ring is 1. The normalized spacial score (nSPS) is 11.7. The SMILES string of the molecule is Nc1cc(-c2cccc(SC(F)(F)F)c2)on1. The van der Waals surface area contributed by atoms with E-state index in [-0.39, 0.29) is 22.5 Å². The number of aromatic nitrogens is 1. The number of benzene rings is 1. The lowest BCUT2D eigenvalue weighted by Gasteiger charge is -2.05. The van der Waals surface area contributed by atoms with E-state index in [1.165, 1.54) is 24.3 Å². The first kappa shape index (κ1) is 11.8. The van der Waals surface area contributed by atoms with Crippen molar-refractivity contribution in [2.24, 2.45) is 0 Å². The minimum absolute atomic E-state index is 0.0879. The van der Waals surface area contributed by atoms with Crippen molar-refractivity contribution in [3.05, 3.63) is 30.3 Å². The number of nitrogens with zero attached hydrogens (tertiary/aromatic N) is 1. The number of thioether (sulfide) groups is 1. The molecule has 90 valence electrons. The van der Waals surface area contributed by atoms with Crippen LogP contribution in [0.15, 0.2) is 39.8 Å². The van der Waals surface area contributed by atoms with Crippen molar-refractivity contribution in [1.29, 1.82) is 0 Å². The minimum Gasteiger partial charge on any atom is -0.381 e. The Labute approximate surface area is 98.8 Å². The first-order valence-corrected chi connectivity index (χ1v) is 5.34. The molecule has 0 fully saturated rings. The molecule has 0 aliphatic rings. The molecule has 3 nitrogen and oxygen atoms in total. The number of alkyl halides is 3. The Balaban J connectivity index is 2.29. The van der Waals surface area contributed by atoms with E-state index in [0.29, 0.717) is 11.3 Å². The molecule has 2 rings (SSSR count). The molecule has 17 heavy (non-hydrogen) atoms. The summed E-state index contributed by atoms with van der Waals surface area (Å²) in [5, 5.41) is 3.47. The van der Waals surface area contributed by atoms with Crippen LogP contribution in [0.2, 0.25) is 0 Å². The number of hydrogen-bond acceptors (Lipinski definition) is 4. The largest absolute Gasteiger partial charge is 0.446 e. The van der Waals surface area contributed by atoms with Crippen molar-refractivity contribution in [2.45, 2.75) is 10.4 Å². The van der Waals surface area contributed by atoms with Gasteiger partial charge in [0.25, 0.3) is 0 Å². The summed E-state index contributed by atoms with van der Waals surface area (Å²) in [6.07, 6.45) is 0. The molecule has 0 spiro atoms. The van der Waals surface area contributed by atoms with Crippen LogP contribution in [0.3, 0.4) is 0 Å². The third-order valence-electron chi connectivity index (χ3n) is 1.88. The van der Waals surface area contributed by atoms with Crippen LogP contribution < -0.4 is 5.73 Å². The van der Waals surface area contributed by atoms with Crippen molar-refractivity contribution in [3.8, 4) is 11.3 Å². The zero-order valence-electron chi connectivity index (χ0n) is 8.36. The molecule has 2 N–H and O–H groups in total.